The number of aromatic amines is 1. The van der Waals surface area contributed by atoms with Gasteiger partial charge in [0.15, 0.2) is 0 Å². The first-order valence-corrected chi connectivity index (χ1v) is 8.29. The van der Waals surface area contributed by atoms with Crippen LogP contribution in [0.3, 0.4) is 0 Å². The van der Waals surface area contributed by atoms with Gasteiger partial charge in [0.1, 0.15) is 0 Å². The molecule has 0 amide bonds. The van der Waals surface area contributed by atoms with Gasteiger partial charge in [-0.2, -0.15) is 0 Å². The molecule has 2 aromatic carbocycles. The molecule has 0 saturated carbocycles. The van der Waals surface area contributed by atoms with Gasteiger partial charge in [0.2, 0.25) is 0 Å². The van der Waals surface area contributed by atoms with E-state index in [1.54, 1.807) is 18.2 Å². The van der Waals surface area contributed by atoms with E-state index in [2.05, 4.69) is 9.97 Å². The molecule has 4 nitrogen and oxygen atoms in total. The highest BCUT2D eigenvalue weighted by molar-refractivity contribution is 6.36. The predicted molar refractivity (Wildman–Crippen MR) is 99.6 cm³/mol. The second-order valence-corrected chi connectivity index (χ2v) is 6.45. The number of carboxylic acids is 1. The Labute approximate surface area is 149 Å². The highest BCUT2D eigenvalue weighted by Gasteiger charge is 2.15. The molecule has 2 heterocycles. The van der Waals surface area contributed by atoms with Crippen LogP contribution < -0.4 is 0 Å². The Morgan fingerprint density at radius 2 is 2.00 bits per heavy atom. The van der Waals surface area contributed by atoms with Crippen LogP contribution in [0, 0.1) is 6.92 Å². The van der Waals surface area contributed by atoms with Crippen molar-refractivity contribution in [2.45, 2.75) is 13.3 Å². The normalized spacial score (nSPS) is 11.3. The third kappa shape index (κ3) is 2.65. The number of H-pyrrole nitrogens is 1. The maximum Gasteiger partial charge on any atom is 0.335 e. The monoisotopic (exact) mass is 350 g/mol. The van der Waals surface area contributed by atoms with Crippen LogP contribution in [0.2, 0.25) is 5.02 Å². The maximum absolute atomic E-state index is 11.3. The van der Waals surface area contributed by atoms with Gasteiger partial charge in [-0.15, -0.1) is 0 Å². The molecule has 0 fully saturated rings. The number of aryl methyl sites for hydroxylation is 1. The zero-order valence-electron chi connectivity index (χ0n) is 13.5. The quantitative estimate of drug-likeness (QED) is 0.548. The molecule has 0 bridgehead atoms. The summed E-state index contributed by atoms with van der Waals surface area (Å²) in [5, 5.41) is 12.8. The van der Waals surface area contributed by atoms with Gasteiger partial charge in [0.25, 0.3) is 0 Å². The number of nitrogens with zero attached hydrogens (tertiary/aromatic N) is 1. The van der Waals surface area contributed by atoms with Crippen LogP contribution >= 0.6 is 11.6 Å². The molecule has 0 unspecified atom stereocenters. The minimum absolute atomic E-state index is 0.269. The Morgan fingerprint density at radius 1 is 1.20 bits per heavy atom. The molecule has 124 valence electrons. The van der Waals surface area contributed by atoms with Gasteiger partial charge in [-0.1, -0.05) is 35.9 Å². The van der Waals surface area contributed by atoms with E-state index in [1.165, 1.54) is 0 Å². The summed E-state index contributed by atoms with van der Waals surface area (Å²) >= 11 is 6.58. The SMILES string of the molecule is Cc1[nH]c2ccc(C(=O)O)cc2c1Cc1ncc2ccccc2c1Cl. The highest BCUT2D eigenvalue weighted by Crippen LogP contribution is 2.30. The molecule has 0 aliphatic carbocycles. The minimum Gasteiger partial charge on any atom is -0.478 e. The number of benzene rings is 2. The van der Waals surface area contributed by atoms with Crippen molar-refractivity contribution >= 4 is 39.2 Å². The Morgan fingerprint density at radius 3 is 2.80 bits per heavy atom. The highest BCUT2D eigenvalue weighted by atomic mass is 35.5. The fourth-order valence-corrected chi connectivity index (χ4v) is 3.49. The molecular formula is C20H15ClN2O2. The van der Waals surface area contributed by atoms with Gasteiger partial charge in [-0.3, -0.25) is 4.98 Å². The minimum atomic E-state index is -0.937. The summed E-state index contributed by atoms with van der Waals surface area (Å²) in [5.74, 6) is -0.937. The second-order valence-electron chi connectivity index (χ2n) is 6.08. The molecule has 0 saturated heterocycles. The Balaban J connectivity index is 1.85. The smallest absolute Gasteiger partial charge is 0.335 e. The summed E-state index contributed by atoms with van der Waals surface area (Å²) in [6, 6.07) is 13.0. The van der Waals surface area contributed by atoms with Crippen LogP contribution in [0.5, 0.6) is 0 Å². The number of halogens is 1. The number of fused-ring (bicyclic) bond motifs is 2. The Bertz CT molecular complexity index is 1130. The van der Waals surface area contributed by atoms with E-state index in [1.807, 2.05) is 37.4 Å². The van der Waals surface area contributed by atoms with E-state index in [-0.39, 0.29) is 5.56 Å². The number of carboxylic acid groups (broad SMARTS) is 1. The summed E-state index contributed by atoms with van der Waals surface area (Å²) in [7, 11) is 0. The number of aromatic nitrogens is 2. The summed E-state index contributed by atoms with van der Waals surface area (Å²) in [4.78, 5) is 19.1. The number of hydrogen-bond donors (Lipinski definition) is 2. The third-order valence-corrected chi connectivity index (χ3v) is 4.94. The molecular weight excluding hydrogens is 336 g/mol. The average Bonchev–Trinajstić information content (AvgIpc) is 2.92. The lowest BCUT2D eigenvalue weighted by molar-refractivity contribution is 0.0697. The van der Waals surface area contributed by atoms with Gasteiger partial charge in [-0.25, -0.2) is 4.79 Å². The van der Waals surface area contributed by atoms with Gasteiger partial charge < -0.3 is 10.1 Å². The van der Waals surface area contributed by atoms with Crippen LogP contribution in [0.15, 0.2) is 48.7 Å². The second kappa shape index (κ2) is 5.90. The largest absolute Gasteiger partial charge is 0.478 e. The van der Waals surface area contributed by atoms with E-state index in [0.717, 1.165) is 38.6 Å². The van der Waals surface area contributed by atoms with Crippen molar-refractivity contribution < 1.29 is 9.90 Å². The topological polar surface area (TPSA) is 66.0 Å². The van der Waals surface area contributed by atoms with Crippen molar-refractivity contribution in [2.24, 2.45) is 0 Å². The van der Waals surface area contributed by atoms with Crippen LogP contribution in [0.25, 0.3) is 21.7 Å². The number of aromatic carboxylic acids is 1. The predicted octanol–water partition coefficient (Wildman–Crippen LogP) is 4.97. The molecule has 2 aromatic heterocycles. The van der Waals surface area contributed by atoms with Crippen molar-refractivity contribution in [2.75, 3.05) is 0 Å². The van der Waals surface area contributed by atoms with Crippen molar-refractivity contribution in [3.63, 3.8) is 0 Å². The molecule has 0 radical (unpaired) electrons. The zero-order valence-corrected chi connectivity index (χ0v) is 14.3. The molecule has 0 spiro atoms. The van der Waals surface area contributed by atoms with Gasteiger partial charge in [0.05, 0.1) is 16.3 Å². The van der Waals surface area contributed by atoms with Crippen molar-refractivity contribution in [3.05, 3.63) is 76.2 Å². The van der Waals surface area contributed by atoms with Gasteiger partial charge in [-0.05, 0) is 30.7 Å². The standard InChI is InChI=1S/C20H15ClN2O2/c1-11-15(16-8-12(20(24)25)6-7-17(16)23-11)9-18-19(21)14-5-3-2-4-13(14)10-22-18/h2-8,10,23H,9H2,1H3,(H,24,25). The fourth-order valence-electron chi connectivity index (χ4n) is 3.20. The van der Waals surface area contributed by atoms with E-state index < -0.39 is 5.97 Å². The first-order chi connectivity index (χ1) is 12.0. The number of pyridine rings is 1. The summed E-state index contributed by atoms with van der Waals surface area (Å²) in [5.41, 5.74) is 3.97. The number of hydrogen-bond acceptors (Lipinski definition) is 2. The molecule has 0 aliphatic rings. The van der Waals surface area contributed by atoms with Crippen LogP contribution in [0.1, 0.15) is 27.3 Å². The summed E-state index contributed by atoms with van der Waals surface area (Å²) in [6.45, 7) is 1.98. The zero-order chi connectivity index (χ0) is 17.6. The van der Waals surface area contributed by atoms with E-state index in [4.69, 9.17) is 11.6 Å². The molecule has 0 atom stereocenters. The van der Waals surface area contributed by atoms with E-state index in [0.29, 0.717) is 11.4 Å². The van der Waals surface area contributed by atoms with Gasteiger partial charge in [0, 0.05) is 40.0 Å². The molecule has 0 aliphatic heterocycles. The molecule has 4 aromatic rings. The summed E-state index contributed by atoms with van der Waals surface area (Å²) < 4.78 is 0. The maximum atomic E-state index is 11.3. The van der Waals surface area contributed by atoms with Crippen LogP contribution in [-0.4, -0.2) is 21.0 Å². The van der Waals surface area contributed by atoms with E-state index >= 15 is 0 Å². The first kappa shape index (κ1) is 15.7. The fraction of sp³-hybridized carbons (Fsp3) is 0.100. The van der Waals surface area contributed by atoms with Crippen molar-refractivity contribution in [3.8, 4) is 0 Å². The van der Waals surface area contributed by atoms with E-state index in [9.17, 15) is 9.90 Å². The lowest BCUT2D eigenvalue weighted by Crippen LogP contribution is -1.97. The lowest BCUT2D eigenvalue weighted by Gasteiger charge is -2.07. The molecule has 5 heteroatoms. The Kier molecular flexibility index (Phi) is 3.70. The molecule has 25 heavy (non-hydrogen) atoms. The molecule has 4 rings (SSSR count). The number of rotatable bonds is 3. The van der Waals surface area contributed by atoms with Gasteiger partial charge >= 0.3 is 5.97 Å². The van der Waals surface area contributed by atoms with Crippen molar-refractivity contribution in [1.82, 2.24) is 9.97 Å². The number of nitrogens with one attached hydrogen (secondary N) is 1. The first-order valence-electron chi connectivity index (χ1n) is 7.91. The van der Waals surface area contributed by atoms with Crippen molar-refractivity contribution in [1.29, 1.82) is 0 Å². The molecule has 2 N–H and O–H groups in total. The average molecular weight is 351 g/mol. The van der Waals surface area contributed by atoms with Crippen LogP contribution in [0.4, 0.5) is 0 Å². The number of carbonyl (C=O) groups is 1. The van der Waals surface area contributed by atoms with Crippen LogP contribution in [-0.2, 0) is 6.42 Å². The summed E-state index contributed by atoms with van der Waals surface area (Å²) in [6.07, 6.45) is 2.36. The third-order valence-electron chi connectivity index (χ3n) is 4.52. The lowest BCUT2D eigenvalue weighted by atomic mass is 10.0. The Hall–Kier alpha value is -2.85.